The number of carbonyl (C=O) groups excluding carboxylic acids is 2. The summed E-state index contributed by atoms with van der Waals surface area (Å²) in [4.78, 5) is 31.4. The quantitative estimate of drug-likeness (QED) is 0.816. The van der Waals surface area contributed by atoms with E-state index in [9.17, 15) is 22.8 Å². The Bertz CT molecular complexity index is 972. The first kappa shape index (κ1) is 19.9. The van der Waals surface area contributed by atoms with Crippen LogP contribution in [0.5, 0.6) is 0 Å². The molecule has 2 heterocycles. The zero-order valence-electron chi connectivity index (χ0n) is 15.9. The minimum atomic E-state index is -4.93. The number of likely N-dealkylation sites (tertiary alicyclic amines) is 1. The van der Waals surface area contributed by atoms with Crippen molar-refractivity contribution in [2.24, 2.45) is 5.92 Å². The van der Waals surface area contributed by atoms with E-state index in [0.29, 0.717) is 12.1 Å². The maximum absolute atomic E-state index is 13.4. The van der Waals surface area contributed by atoms with Crippen LogP contribution < -0.4 is 5.32 Å². The predicted octanol–water partition coefficient (Wildman–Crippen LogP) is 3.71. The number of rotatable bonds is 4. The molecule has 154 valence electrons. The van der Waals surface area contributed by atoms with Gasteiger partial charge in [0.1, 0.15) is 5.69 Å². The number of alkyl halides is 3. The summed E-state index contributed by atoms with van der Waals surface area (Å²) in [7, 11) is 0. The van der Waals surface area contributed by atoms with Gasteiger partial charge in [-0.3, -0.25) is 9.59 Å². The maximum Gasteiger partial charge on any atom is 0.471 e. The Morgan fingerprint density at radius 2 is 2.03 bits per heavy atom. The highest BCUT2D eigenvalue weighted by Crippen LogP contribution is 2.48. The van der Waals surface area contributed by atoms with E-state index < -0.39 is 18.1 Å². The van der Waals surface area contributed by atoms with Gasteiger partial charge < -0.3 is 10.2 Å². The van der Waals surface area contributed by atoms with E-state index in [1.165, 1.54) is 11.3 Å². The molecule has 2 amide bonds. The van der Waals surface area contributed by atoms with Gasteiger partial charge in [-0.15, -0.1) is 11.3 Å². The lowest BCUT2D eigenvalue weighted by molar-refractivity contribution is -0.173. The lowest BCUT2D eigenvalue weighted by Gasteiger charge is -2.27. The highest BCUT2D eigenvalue weighted by atomic mass is 32.1. The summed E-state index contributed by atoms with van der Waals surface area (Å²) in [6.07, 6.45) is -3.49. The monoisotopic (exact) mass is 423 g/mol. The van der Waals surface area contributed by atoms with Crippen LogP contribution in [0.15, 0.2) is 24.3 Å². The Morgan fingerprint density at radius 1 is 1.28 bits per heavy atom. The van der Waals surface area contributed by atoms with E-state index in [1.54, 1.807) is 4.90 Å². The van der Waals surface area contributed by atoms with E-state index in [4.69, 9.17) is 0 Å². The molecular weight excluding hydrogens is 403 g/mol. The van der Waals surface area contributed by atoms with E-state index in [1.807, 2.05) is 43.4 Å². The number of nitrogens with one attached hydrogen (secondary N) is 1. The number of amides is 2. The fourth-order valence-electron chi connectivity index (χ4n) is 4.04. The van der Waals surface area contributed by atoms with Crippen LogP contribution in [-0.2, 0) is 4.79 Å². The molecule has 9 heteroatoms. The number of halogens is 3. The number of aromatic nitrogens is 1. The van der Waals surface area contributed by atoms with Gasteiger partial charge >= 0.3 is 12.1 Å². The minimum absolute atomic E-state index is 0.0163. The zero-order chi connectivity index (χ0) is 20.9. The van der Waals surface area contributed by atoms with Gasteiger partial charge in [-0.2, -0.15) is 13.2 Å². The van der Waals surface area contributed by atoms with Gasteiger partial charge in [0, 0.05) is 12.6 Å². The first-order chi connectivity index (χ1) is 13.6. The first-order valence-electron chi connectivity index (χ1n) is 9.37. The first-order valence-corrected chi connectivity index (χ1v) is 10.2. The molecule has 3 atom stereocenters. The van der Waals surface area contributed by atoms with E-state index in [-0.39, 0.29) is 24.4 Å². The lowest BCUT2D eigenvalue weighted by atomic mass is 10.1. The second-order valence-electron chi connectivity index (χ2n) is 7.65. The van der Waals surface area contributed by atoms with E-state index >= 15 is 0 Å². The summed E-state index contributed by atoms with van der Waals surface area (Å²) in [5.74, 6) is -1.97. The Morgan fingerprint density at radius 3 is 2.72 bits per heavy atom. The van der Waals surface area contributed by atoms with Crippen LogP contribution in [0.3, 0.4) is 0 Å². The van der Waals surface area contributed by atoms with E-state index in [0.717, 1.165) is 27.4 Å². The van der Waals surface area contributed by atoms with Crippen molar-refractivity contribution in [3.05, 3.63) is 40.5 Å². The molecule has 1 saturated heterocycles. The van der Waals surface area contributed by atoms with Gasteiger partial charge in [0.15, 0.2) is 0 Å². The van der Waals surface area contributed by atoms with Crippen LogP contribution in [-0.4, -0.2) is 46.5 Å². The van der Waals surface area contributed by atoms with Crippen molar-refractivity contribution in [1.29, 1.82) is 0 Å². The molecule has 4 rings (SSSR count). The molecular formula is C20H20F3N3O2S. The summed E-state index contributed by atoms with van der Waals surface area (Å²) < 4.78 is 37.5. The van der Waals surface area contributed by atoms with Gasteiger partial charge in [0.25, 0.3) is 5.91 Å². The Kier molecular flexibility index (Phi) is 4.88. The number of piperidine rings is 1. The Hall–Kier alpha value is -2.42. The molecule has 29 heavy (non-hydrogen) atoms. The molecule has 2 aromatic rings. The van der Waals surface area contributed by atoms with Crippen LogP contribution >= 0.6 is 11.3 Å². The minimum Gasteiger partial charge on any atom is -0.346 e. The molecule has 5 nitrogen and oxygen atoms in total. The number of nitrogens with zero attached hydrogens (tertiary/aromatic N) is 2. The molecule has 0 radical (unpaired) electrons. The van der Waals surface area contributed by atoms with Crippen LogP contribution in [0.4, 0.5) is 13.2 Å². The van der Waals surface area contributed by atoms with Crippen molar-refractivity contribution >= 4 is 23.2 Å². The second-order valence-corrected chi connectivity index (χ2v) is 8.86. The third-order valence-corrected chi connectivity index (χ3v) is 6.44. The average molecular weight is 423 g/mol. The van der Waals surface area contributed by atoms with Gasteiger partial charge in [-0.25, -0.2) is 4.98 Å². The second kappa shape index (κ2) is 7.12. The Balaban J connectivity index is 1.58. The molecule has 1 aromatic heterocycles. The SMILES string of the molecule is Cc1cccc(-c2sc(C)nc2C(=O)N2C3C[C@H]3C[C@H]2CNC(=O)C(F)(F)F)c1. The molecule has 1 aliphatic carbocycles. The molecule has 2 aliphatic rings. The van der Waals surface area contributed by atoms with Crippen LogP contribution in [0.25, 0.3) is 10.4 Å². The van der Waals surface area contributed by atoms with Crippen LogP contribution in [0.1, 0.15) is 33.9 Å². The predicted molar refractivity (Wildman–Crippen MR) is 103 cm³/mol. The number of thiazole rings is 1. The average Bonchev–Trinajstić information content (AvgIpc) is 3.13. The number of carbonyl (C=O) groups is 2. The molecule has 1 saturated carbocycles. The number of aryl methyl sites for hydroxylation is 2. The lowest BCUT2D eigenvalue weighted by Crippen LogP contribution is -2.48. The van der Waals surface area contributed by atoms with Crippen LogP contribution in [0.2, 0.25) is 0 Å². The highest BCUT2D eigenvalue weighted by molar-refractivity contribution is 7.15. The molecule has 1 aromatic carbocycles. The fraction of sp³-hybridized carbons (Fsp3) is 0.450. The molecule has 1 N–H and O–H groups in total. The third-order valence-electron chi connectivity index (χ3n) is 5.42. The van der Waals surface area contributed by atoms with Crippen molar-refractivity contribution < 1.29 is 22.8 Å². The molecule has 1 aliphatic heterocycles. The number of hydrogen-bond donors (Lipinski definition) is 1. The molecule has 0 bridgehead atoms. The summed E-state index contributed by atoms with van der Waals surface area (Å²) in [5.41, 5.74) is 2.29. The summed E-state index contributed by atoms with van der Waals surface area (Å²) in [6.45, 7) is 3.58. The van der Waals surface area contributed by atoms with Gasteiger partial charge in [-0.1, -0.05) is 29.8 Å². The third kappa shape index (κ3) is 3.88. The normalized spacial score (nSPS) is 23.1. The summed E-state index contributed by atoms with van der Waals surface area (Å²) >= 11 is 1.42. The molecule has 1 unspecified atom stereocenters. The topological polar surface area (TPSA) is 62.3 Å². The van der Waals surface area contributed by atoms with Gasteiger partial charge in [0.05, 0.1) is 15.9 Å². The number of hydrogen-bond acceptors (Lipinski definition) is 4. The van der Waals surface area contributed by atoms with Crippen molar-refractivity contribution in [3.8, 4) is 10.4 Å². The summed E-state index contributed by atoms with van der Waals surface area (Å²) in [6, 6.07) is 7.34. The van der Waals surface area contributed by atoms with E-state index in [2.05, 4.69) is 4.98 Å². The standard InChI is InChI=1S/C20H20F3N3O2S/c1-10-4-3-5-12(6-10)17-16(25-11(2)29-17)18(27)26-14(7-13-8-15(13)26)9-24-19(28)20(21,22)23/h3-6,13-15H,7-9H2,1-2H3,(H,24,28)/t13-,14+,15?/m1/s1. The maximum atomic E-state index is 13.4. The largest absolute Gasteiger partial charge is 0.471 e. The fourth-order valence-corrected chi connectivity index (χ4v) is 4.95. The molecule has 2 fully saturated rings. The number of benzene rings is 1. The van der Waals surface area contributed by atoms with Gasteiger partial charge in [0.2, 0.25) is 0 Å². The highest BCUT2D eigenvalue weighted by Gasteiger charge is 2.54. The van der Waals surface area contributed by atoms with Gasteiger partial charge in [-0.05, 0) is 38.2 Å². The van der Waals surface area contributed by atoms with Crippen LogP contribution in [0, 0.1) is 19.8 Å². The summed E-state index contributed by atoms with van der Waals surface area (Å²) in [5, 5.41) is 2.67. The van der Waals surface area contributed by atoms with Crippen molar-refractivity contribution in [1.82, 2.24) is 15.2 Å². The van der Waals surface area contributed by atoms with Crippen molar-refractivity contribution in [2.45, 2.75) is 44.9 Å². The Labute approximate surface area is 169 Å². The molecule has 0 spiro atoms. The number of fused-ring (bicyclic) bond motifs is 1. The van der Waals surface area contributed by atoms with Crippen molar-refractivity contribution in [2.75, 3.05) is 6.54 Å². The van der Waals surface area contributed by atoms with Crippen molar-refractivity contribution in [3.63, 3.8) is 0 Å². The smallest absolute Gasteiger partial charge is 0.346 e. The zero-order valence-corrected chi connectivity index (χ0v) is 16.7.